The van der Waals surface area contributed by atoms with Crippen molar-refractivity contribution < 1.29 is 9.53 Å². The third-order valence-electron chi connectivity index (χ3n) is 3.22. The summed E-state index contributed by atoms with van der Waals surface area (Å²) in [5.74, 6) is 0.0603. The molecule has 1 aromatic carbocycles. The fourth-order valence-electron chi connectivity index (χ4n) is 2.15. The van der Waals surface area contributed by atoms with Gasteiger partial charge in [0.05, 0.1) is 25.8 Å². The first kappa shape index (κ1) is 14.5. The van der Waals surface area contributed by atoms with Crippen LogP contribution in [-0.2, 0) is 9.53 Å². The SMILES string of the molecule is C[C@H](NC(=O)CN1CCOCC1)c1ccccc1Br. The topological polar surface area (TPSA) is 41.6 Å². The van der Waals surface area contributed by atoms with Crippen LogP contribution >= 0.6 is 15.9 Å². The summed E-state index contributed by atoms with van der Waals surface area (Å²) in [7, 11) is 0. The van der Waals surface area contributed by atoms with Gasteiger partial charge >= 0.3 is 0 Å². The van der Waals surface area contributed by atoms with E-state index in [1.165, 1.54) is 0 Å². The third-order valence-corrected chi connectivity index (χ3v) is 3.94. The van der Waals surface area contributed by atoms with Gasteiger partial charge in [0.25, 0.3) is 0 Å². The highest BCUT2D eigenvalue weighted by molar-refractivity contribution is 9.10. The van der Waals surface area contributed by atoms with Gasteiger partial charge in [-0.25, -0.2) is 0 Å². The van der Waals surface area contributed by atoms with Gasteiger partial charge < -0.3 is 10.1 Å². The monoisotopic (exact) mass is 326 g/mol. The Kier molecular flexibility index (Phi) is 5.36. The van der Waals surface area contributed by atoms with Crippen LogP contribution in [-0.4, -0.2) is 43.7 Å². The van der Waals surface area contributed by atoms with Crippen LogP contribution in [0.2, 0.25) is 0 Å². The summed E-state index contributed by atoms with van der Waals surface area (Å²) < 4.78 is 6.29. The standard InChI is InChI=1S/C14H19BrN2O2/c1-11(12-4-2-3-5-13(12)15)16-14(18)10-17-6-8-19-9-7-17/h2-5,11H,6-10H2,1H3,(H,16,18)/t11-/m0/s1. The molecule has 0 aliphatic carbocycles. The first-order valence-corrected chi connectivity index (χ1v) is 7.30. The summed E-state index contributed by atoms with van der Waals surface area (Å²) in [6.07, 6.45) is 0. The van der Waals surface area contributed by atoms with Crippen molar-refractivity contribution in [3.63, 3.8) is 0 Å². The minimum atomic E-state index is 0.00381. The molecule has 1 heterocycles. The molecule has 2 rings (SSSR count). The van der Waals surface area contributed by atoms with Gasteiger partial charge in [-0.3, -0.25) is 9.69 Å². The van der Waals surface area contributed by atoms with Gasteiger partial charge in [0.15, 0.2) is 0 Å². The molecule has 1 atom stereocenters. The average molecular weight is 327 g/mol. The van der Waals surface area contributed by atoms with Crippen LogP contribution in [0, 0.1) is 0 Å². The fourth-order valence-corrected chi connectivity index (χ4v) is 2.78. The van der Waals surface area contributed by atoms with Crippen molar-refractivity contribution in [1.82, 2.24) is 10.2 Å². The lowest BCUT2D eigenvalue weighted by molar-refractivity contribution is -0.123. The van der Waals surface area contributed by atoms with Crippen molar-refractivity contribution in [2.45, 2.75) is 13.0 Å². The van der Waals surface area contributed by atoms with E-state index in [0.29, 0.717) is 19.8 Å². The van der Waals surface area contributed by atoms with Crippen molar-refractivity contribution in [2.75, 3.05) is 32.8 Å². The van der Waals surface area contributed by atoms with Gasteiger partial charge in [-0.05, 0) is 18.6 Å². The number of nitrogens with zero attached hydrogens (tertiary/aromatic N) is 1. The molecule has 1 aliphatic rings. The van der Waals surface area contributed by atoms with Crippen LogP contribution in [0.15, 0.2) is 28.7 Å². The van der Waals surface area contributed by atoms with Crippen molar-refractivity contribution in [3.05, 3.63) is 34.3 Å². The Bertz CT molecular complexity index is 433. The molecular weight excluding hydrogens is 308 g/mol. The summed E-state index contributed by atoms with van der Waals surface area (Å²) in [6, 6.07) is 7.95. The Morgan fingerprint density at radius 2 is 2.11 bits per heavy atom. The van der Waals surface area contributed by atoms with Gasteiger partial charge in [-0.1, -0.05) is 34.1 Å². The quantitative estimate of drug-likeness (QED) is 0.919. The predicted molar refractivity (Wildman–Crippen MR) is 78.0 cm³/mol. The highest BCUT2D eigenvalue weighted by atomic mass is 79.9. The molecular formula is C14H19BrN2O2. The molecule has 4 nitrogen and oxygen atoms in total. The summed E-state index contributed by atoms with van der Waals surface area (Å²) in [4.78, 5) is 14.1. The first-order chi connectivity index (χ1) is 9.16. The number of carbonyl (C=O) groups is 1. The summed E-state index contributed by atoms with van der Waals surface area (Å²) >= 11 is 3.51. The van der Waals surface area contributed by atoms with Gasteiger partial charge in [0, 0.05) is 17.6 Å². The summed E-state index contributed by atoms with van der Waals surface area (Å²) in [6.45, 7) is 5.53. The van der Waals surface area contributed by atoms with Crippen molar-refractivity contribution in [1.29, 1.82) is 0 Å². The summed E-state index contributed by atoms with van der Waals surface area (Å²) in [5, 5.41) is 3.03. The smallest absolute Gasteiger partial charge is 0.234 e. The van der Waals surface area contributed by atoms with Crippen LogP contribution in [0.25, 0.3) is 0 Å². The van der Waals surface area contributed by atoms with E-state index in [9.17, 15) is 4.79 Å². The second-order valence-electron chi connectivity index (χ2n) is 4.70. The number of carbonyl (C=O) groups excluding carboxylic acids is 1. The van der Waals surface area contributed by atoms with Gasteiger partial charge in [0.1, 0.15) is 0 Å². The van der Waals surface area contributed by atoms with Crippen LogP contribution < -0.4 is 5.32 Å². The van der Waals surface area contributed by atoms with Crippen LogP contribution in [0.1, 0.15) is 18.5 Å². The van der Waals surface area contributed by atoms with Crippen molar-refractivity contribution in [2.24, 2.45) is 0 Å². The number of morpholine rings is 1. The zero-order chi connectivity index (χ0) is 13.7. The van der Waals surface area contributed by atoms with Crippen LogP contribution in [0.4, 0.5) is 0 Å². The Labute approximate surface area is 122 Å². The molecule has 0 radical (unpaired) electrons. The molecule has 5 heteroatoms. The second-order valence-corrected chi connectivity index (χ2v) is 5.55. The van der Waals surface area contributed by atoms with Gasteiger partial charge in [0.2, 0.25) is 5.91 Å². The van der Waals surface area contributed by atoms with E-state index in [1.807, 2.05) is 31.2 Å². The van der Waals surface area contributed by atoms with Gasteiger partial charge in [-0.2, -0.15) is 0 Å². The van der Waals surface area contributed by atoms with Crippen molar-refractivity contribution in [3.8, 4) is 0 Å². The number of hydrogen-bond donors (Lipinski definition) is 1. The number of benzene rings is 1. The van der Waals surface area contributed by atoms with E-state index < -0.39 is 0 Å². The van der Waals surface area contributed by atoms with E-state index in [-0.39, 0.29) is 11.9 Å². The highest BCUT2D eigenvalue weighted by Gasteiger charge is 2.16. The molecule has 1 N–H and O–H groups in total. The zero-order valence-electron chi connectivity index (χ0n) is 11.1. The van der Waals surface area contributed by atoms with Crippen LogP contribution in [0.3, 0.4) is 0 Å². The number of hydrogen-bond acceptors (Lipinski definition) is 3. The molecule has 0 unspecified atom stereocenters. The van der Waals surface area contributed by atoms with Crippen LogP contribution in [0.5, 0.6) is 0 Å². The first-order valence-electron chi connectivity index (χ1n) is 6.50. The van der Waals surface area contributed by atoms with E-state index >= 15 is 0 Å². The minimum Gasteiger partial charge on any atom is -0.379 e. The number of ether oxygens (including phenoxy) is 1. The number of rotatable bonds is 4. The Morgan fingerprint density at radius 1 is 1.42 bits per heavy atom. The van der Waals surface area contributed by atoms with Gasteiger partial charge in [-0.15, -0.1) is 0 Å². The van der Waals surface area contributed by atoms with Crippen molar-refractivity contribution >= 4 is 21.8 Å². The molecule has 1 fully saturated rings. The summed E-state index contributed by atoms with van der Waals surface area (Å²) in [5.41, 5.74) is 1.10. The lowest BCUT2D eigenvalue weighted by Crippen LogP contribution is -2.43. The number of halogens is 1. The molecule has 0 saturated carbocycles. The molecule has 0 aromatic heterocycles. The minimum absolute atomic E-state index is 0.00381. The second kappa shape index (κ2) is 7.03. The molecule has 0 bridgehead atoms. The molecule has 1 aliphatic heterocycles. The van der Waals surface area contributed by atoms with E-state index in [2.05, 4.69) is 26.1 Å². The lowest BCUT2D eigenvalue weighted by atomic mass is 10.1. The molecule has 0 spiro atoms. The largest absolute Gasteiger partial charge is 0.379 e. The maximum Gasteiger partial charge on any atom is 0.234 e. The molecule has 104 valence electrons. The highest BCUT2D eigenvalue weighted by Crippen LogP contribution is 2.22. The normalized spacial score (nSPS) is 18.0. The molecule has 1 amide bonds. The number of nitrogens with one attached hydrogen (secondary N) is 1. The Hall–Kier alpha value is -0.910. The molecule has 1 aromatic rings. The number of amides is 1. The maximum absolute atomic E-state index is 12.0. The lowest BCUT2D eigenvalue weighted by Gasteiger charge is -2.26. The Balaban J connectivity index is 1.86. The zero-order valence-corrected chi connectivity index (χ0v) is 12.6. The maximum atomic E-state index is 12.0. The average Bonchev–Trinajstić information content (AvgIpc) is 2.40. The fraction of sp³-hybridized carbons (Fsp3) is 0.500. The third kappa shape index (κ3) is 4.30. The Morgan fingerprint density at radius 3 is 2.79 bits per heavy atom. The van der Waals surface area contributed by atoms with E-state index in [4.69, 9.17) is 4.74 Å². The molecule has 1 saturated heterocycles. The van der Waals surface area contributed by atoms with E-state index in [1.54, 1.807) is 0 Å². The molecule has 19 heavy (non-hydrogen) atoms. The predicted octanol–water partition coefficient (Wildman–Crippen LogP) is 1.96. The van der Waals surface area contributed by atoms with E-state index in [0.717, 1.165) is 23.1 Å².